The van der Waals surface area contributed by atoms with E-state index >= 15 is 0 Å². The summed E-state index contributed by atoms with van der Waals surface area (Å²) in [4.78, 5) is 2.66. The minimum Gasteiger partial charge on any atom is -0.375 e. The number of nitrogens with one attached hydrogen (secondary N) is 1. The van der Waals surface area contributed by atoms with E-state index in [4.69, 9.17) is 4.74 Å². The van der Waals surface area contributed by atoms with Crippen molar-refractivity contribution < 1.29 is 4.74 Å². The largest absolute Gasteiger partial charge is 0.375 e. The van der Waals surface area contributed by atoms with Crippen molar-refractivity contribution in [2.45, 2.75) is 43.9 Å². The van der Waals surface area contributed by atoms with Crippen molar-refractivity contribution >= 4 is 15.9 Å². The van der Waals surface area contributed by atoms with Gasteiger partial charge in [-0.2, -0.15) is 0 Å². The lowest BCUT2D eigenvalue weighted by atomic mass is 10.0. The molecule has 116 valence electrons. The van der Waals surface area contributed by atoms with E-state index in [1.54, 1.807) is 0 Å². The fraction of sp³-hybridized carbons (Fsp3) is 0.647. The molecule has 0 spiro atoms. The molecule has 1 N–H and O–H groups in total. The van der Waals surface area contributed by atoms with Gasteiger partial charge in [0.15, 0.2) is 0 Å². The summed E-state index contributed by atoms with van der Waals surface area (Å²) in [5, 5.41) is 3.47. The van der Waals surface area contributed by atoms with Crippen molar-refractivity contribution in [1.82, 2.24) is 10.2 Å². The molecule has 3 unspecified atom stereocenters. The average Bonchev–Trinajstić information content (AvgIpc) is 2.98. The van der Waals surface area contributed by atoms with Gasteiger partial charge in [-0.1, -0.05) is 34.1 Å². The summed E-state index contributed by atoms with van der Waals surface area (Å²) in [6.07, 6.45) is 5.52. The molecule has 2 fully saturated rings. The lowest BCUT2D eigenvalue weighted by molar-refractivity contribution is -0.0563. The van der Waals surface area contributed by atoms with Crippen molar-refractivity contribution in [1.29, 1.82) is 0 Å². The summed E-state index contributed by atoms with van der Waals surface area (Å²) in [5.41, 5.74) is 1.36. The van der Waals surface area contributed by atoms with Crippen molar-refractivity contribution in [2.24, 2.45) is 0 Å². The number of hydrogen-bond donors (Lipinski definition) is 1. The van der Waals surface area contributed by atoms with Crippen LogP contribution >= 0.6 is 15.9 Å². The highest BCUT2D eigenvalue weighted by Gasteiger charge is 2.35. The number of rotatable bonds is 5. The number of fused-ring (bicyclic) bond motifs is 1. The first kappa shape index (κ1) is 15.5. The molecule has 0 amide bonds. The topological polar surface area (TPSA) is 24.5 Å². The SMILES string of the molecule is CNC(CCN1CCOC2CCCC21)c1ccccc1Br. The van der Waals surface area contributed by atoms with Crippen LogP contribution in [0.25, 0.3) is 0 Å². The fourth-order valence-electron chi connectivity index (χ4n) is 3.79. The molecule has 1 aliphatic heterocycles. The van der Waals surface area contributed by atoms with Gasteiger partial charge in [-0.25, -0.2) is 0 Å². The molecule has 1 saturated heterocycles. The van der Waals surface area contributed by atoms with Crippen LogP contribution in [-0.4, -0.2) is 43.8 Å². The van der Waals surface area contributed by atoms with E-state index in [1.165, 1.54) is 29.3 Å². The second-order valence-corrected chi connectivity index (χ2v) is 6.95. The molecule has 1 aromatic rings. The Morgan fingerprint density at radius 2 is 2.24 bits per heavy atom. The summed E-state index contributed by atoms with van der Waals surface area (Å²) in [6, 6.07) is 9.60. The molecule has 1 aromatic carbocycles. The molecule has 2 aliphatic rings. The Morgan fingerprint density at radius 3 is 3.05 bits per heavy atom. The Balaban J connectivity index is 1.61. The number of benzene rings is 1. The molecule has 1 heterocycles. The highest BCUT2D eigenvalue weighted by molar-refractivity contribution is 9.10. The van der Waals surface area contributed by atoms with E-state index in [2.05, 4.69) is 57.5 Å². The number of nitrogens with zero attached hydrogens (tertiary/aromatic N) is 1. The highest BCUT2D eigenvalue weighted by atomic mass is 79.9. The molecular formula is C17H25BrN2O. The zero-order chi connectivity index (χ0) is 14.7. The summed E-state index contributed by atoms with van der Waals surface area (Å²) >= 11 is 3.68. The zero-order valence-electron chi connectivity index (χ0n) is 12.7. The Morgan fingerprint density at radius 1 is 1.38 bits per heavy atom. The van der Waals surface area contributed by atoms with E-state index in [9.17, 15) is 0 Å². The van der Waals surface area contributed by atoms with Crippen LogP contribution in [0.5, 0.6) is 0 Å². The zero-order valence-corrected chi connectivity index (χ0v) is 14.3. The van der Waals surface area contributed by atoms with Gasteiger partial charge in [-0.3, -0.25) is 4.90 Å². The van der Waals surface area contributed by atoms with Crippen LogP contribution in [0.3, 0.4) is 0 Å². The quantitative estimate of drug-likeness (QED) is 0.879. The van der Waals surface area contributed by atoms with Gasteiger partial charge in [-0.15, -0.1) is 0 Å². The minimum atomic E-state index is 0.406. The van der Waals surface area contributed by atoms with Crippen LogP contribution in [0, 0.1) is 0 Å². The lowest BCUT2D eigenvalue weighted by Crippen LogP contribution is -2.49. The summed E-state index contributed by atoms with van der Waals surface area (Å²) < 4.78 is 7.10. The van der Waals surface area contributed by atoms with Crippen LogP contribution in [0.15, 0.2) is 28.7 Å². The Labute approximate surface area is 136 Å². The first-order valence-corrected chi connectivity index (χ1v) is 8.86. The van der Waals surface area contributed by atoms with Crippen molar-refractivity contribution in [3.8, 4) is 0 Å². The van der Waals surface area contributed by atoms with Crippen LogP contribution in [0.4, 0.5) is 0 Å². The van der Waals surface area contributed by atoms with Crippen LogP contribution < -0.4 is 5.32 Å². The van der Waals surface area contributed by atoms with Crippen molar-refractivity contribution in [2.75, 3.05) is 26.7 Å². The molecule has 21 heavy (non-hydrogen) atoms. The Bertz CT molecular complexity index is 468. The molecular weight excluding hydrogens is 328 g/mol. The first-order valence-electron chi connectivity index (χ1n) is 8.07. The van der Waals surface area contributed by atoms with E-state index < -0.39 is 0 Å². The average molecular weight is 353 g/mol. The van der Waals surface area contributed by atoms with E-state index in [1.807, 2.05) is 0 Å². The van der Waals surface area contributed by atoms with E-state index in [0.717, 1.165) is 26.1 Å². The standard InChI is InChI=1S/C17H25BrN2O/c1-19-15(13-5-2-3-6-14(13)18)9-10-20-11-12-21-17-8-4-7-16(17)20/h2-3,5-6,15-17,19H,4,7-12H2,1H3. The predicted molar refractivity (Wildman–Crippen MR) is 89.5 cm³/mol. The molecule has 1 aliphatic carbocycles. The second-order valence-electron chi connectivity index (χ2n) is 6.09. The molecule has 1 saturated carbocycles. The third kappa shape index (κ3) is 3.50. The van der Waals surface area contributed by atoms with Crippen molar-refractivity contribution in [3.05, 3.63) is 34.3 Å². The molecule has 0 bridgehead atoms. The molecule has 3 rings (SSSR count). The highest BCUT2D eigenvalue weighted by Crippen LogP contribution is 2.31. The maximum atomic E-state index is 5.90. The van der Waals surface area contributed by atoms with E-state index in [0.29, 0.717) is 18.2 Å². The molecule has 0 aromatic heterocycles. The van der Waals surface area contributed by atoms with Gasteiger partial charge >= 0.3 is 0 Å². The lowest BCUT2D eigenvalue weighted by Gasteiger charge is -2.38. The number of morpholine rings is 1. The molecule has 3 atom stereocenters. The number of ether oxygens (including phenoxy) is 1. The first-order chi connectivity index (χ1) is 10.3. The van der Waals surface area contributed by atoms with Gasteiger partial charge in [0, 0.05) is 29.6 Å². The van der Waals surface area contributed by atoms with Gasteiger partial charge in [0.25, 0.3) is 0 Å². The number of hydrogen-bond acceptors (Lipinski definition) is 3. The minimum absolute atomic E-state index is 0.406. The van der Waals surface area contributed by atoms with Crippen molar-refractivity contribution in [3.63, 3.8) is 0 Å². The fourth-order valence-corrected chi connectivity index (χ4v) is 4.35. The van der Waals surface area contributed by atoms with Crippen LogP contribution in [-0.2, 0) is 4.74 Å². The van der Waals surface area contributed by atoms with Gasteiger partial charge in [0.2, 0.25) is 0 Å². The van der Waals surface area contributed by atoms with Crippen LogP contribution in [0.2, 0.25) is 0 Å². The third-order valence-electron chi connectivity index (χ3n) is 4.93. The predicted octanol–water partition coefficient (Wildman–Crippen LogP) is 3.35. The Hall–Kier alpha value is -0.420. The Kier molecular flexibility index (Phi) is 5.33. The molecule has 3 nitrogen and oxygen atoms in total. The maximum Gasteiger partial charge on any atom is 0.0730 e. The summed E-state index contributed by atoms with van der Waals surface area (Å²) in [6.45, 7) is 3.14. The summed E-state index contributed by atoms with van der Waals surface area (Å²) in [7, 11) is 2.06. The third-order valence-corrected chi connectivity index (χ3v) is 5.65. The smallest absolute Gasteiger partial charge is 0.0730 e. The van der Waals surface area contributed by atoms with Gasteiger partial charge in [-0.05, 0) is 44.4 Å². The molecule has 0 radical (unpaired) electrons. The summed E-state index contributed by atoms with van der Waals surface area (Å²) in [5.74, 6) is 0. The normalized spacial score (nSPS) is 27.5. The van der Waals surface area contributed by atoms with E-state index in [-0.39, 0.29) is 0 Å². The number of halogens is 1. The maximum absolute atomic E-state index is 5.90. The van der Waals surface area contributed by atoms with Gasteiger partial charge in [0.05, 0.1) is 12.7 Å². The second kappa shape index (κ2) is 7.23. The van der Waals surface area contributed by atoms with Gasteiger partial charge < -0.3 is 10.1 Å². The monoisotopic (exact) mass is 352 g/mol. The van der Waals surface area contributed by atoms with Crippen LogP contribution in [0.1, 0.15) is 37.3 Å². The van der Waals surface area contributed by atoms with Gasteiger partial charge in [0.1, 0.15) is 0 Å². The molecule has 4 heteroatoms.